The number of carbonyl (C=O) groups excluding carboxylic acids is 1. The number of rotatable bonds is 5. The second-order valence-corrected chi connectivity index (χ2v) is 7.98. The van der Waals surface area contributed by atoms with Crippen molar-refractivity contribution in [1.82, 2.24) is 9.97 Å². The highest BCUT2D eigenvalue weighted by molar-refractivity contribution is 7.08. The summed E-state index contributed by atoms with van der Waals surface area (Å²) in [5.74, 6) is 0.0604. The lowest BCUT2D eigenvalue weighted by atomic mass is 10.1. The Morgan fingerprint density at radius 2 is 2.10 bits per heavy atom. The monoisotopic (exact) mass is 442 g/mol. The van der Waals surface area contributed by atoms with Gasteiger partial charge in [-0.25, -0.2) is 19.2 Å². The lowest BCUT2D eigenvalue weighted by Gasteiger charge is -2.18. The molecule has 0 unspecified atom stereocenters. The number of anilines is 2. The van der Waals surface area contributed by atoms with Crippen LogP contribution in [0.4, 0.5) is 20.8 Å². The molecule has 4 atom stereocenters. The molecule has 0 spiro atoms. The van der Waals surface area contributed by atoms with Crippen molar-refractivity contribution in [3.8, 4) is 11.3 Å². The zero-order valence-corrected chi connectivity index (χ0v) is 17.0. The van der Waals surface area contributed by atoms with Crippen molar-refractivity contribution in [1.29, 1.82) is 0 Å². The van der Waals surface area contributed by atoms with Gasteiger partial charge in [-0.2, -0.15) is 11.3 Å². The van der Waals surface area contributed by atoms with Crippen LogP contribution < -0.4 is 10.6 Å². The van der Waals surface area contributed by atoms with Gasteiger partial charge in [-0.05, 0) is 29.6 Å². The van der Waals surface area contributed by atoms with E-state index in [-0.39, 0.29) is 30.7 Å². The van der Waals surface area contributed by atoms with Crippen LogP contribution in [-0.2, 0) is 14.2 Å². The molecule has 2 N–H and O–H groups in total. The first-order chi connectivity index (χ1) is 15.2. The number of thiophene rings is 1. The number of benzene rings is 1. The normalized spacial score (nSPS) is 24.5. The molecule has 2 aliphatic rings. The fourth-order valence-corrected chi connectivity index (χ4v) is 4.30. The van der Waals surface area contributed by atoms with E-state index in [1.54, 1.807) is 30.5 Å². The molecule has 1 aromatic carbocycles. The molecule has 1 amide bonds. The van der Waals surface area contributed by atoms with Crippen LogP contribution in [0.3, 0.4) is 0 Å². The van der Waals surface area contributed by atoms with Gasteiger partial charge in [-0.3, -0.25) is 5.32 Å². The Balaban J connectivity index is 1.22. The van der Waals surface area contributed by atoms with Gasteiger partial charge in [-0.15, -0.1) is 0 Å². The average Bonchev–Trinajstić information content (AvgIpc) is 3.49. The van der Waals surface area contributed by atoms with E-state index in [0.717, 1.165) is 0 Å². The lowest BCUT2D eigenvalue weighted by molar-refractivity contribution is 0.00917. The van der Waals surface area contributed by atoms with Crippen LogP contribution in [0.5, 0.6) is 0 Å². The van der Waals surface area contributed by atoms with E-state index in [1.165, 1.54) is 23.5 Å². The topological polar surface area (TPSA) is 94.6 Å². The summed E-state index contributed by atoms with van der Waals surface area (Å²) in [5.41, 5.74) is 1.95. The number of halogens is 1. The average molecular weight is 442 g/mol. The molecule has 10 heteroatoms. The largest absolute Gasteiger partial charge is 0.441 e. The van der Waals surface area contributed by atoms with Gasteiger partial charge in [-0.1, -0.05) is 12.1 Å². The summed E-state index contributed by atoms with van der Waals surface area (Å²) < 4.78 is 30.7. The Labute approximate surface area is 181 Å². The molecule has 2 aliphatic heterocycles. The van der Waals surface area contributed by atoms with Crippen LogP contribution >= 0.6 is 11.3 Å². The van der Waals surface area contributed by atoms with Gasteiger partial charge in [0.25, 0.3) is 0 Å². The SMILES string of the molecule is O=C(Nc1ccsc1)O[C@@H]1CO[C@H]2[C@H]1OC[C@H]2Nc1nccc(-c2cccc(F)c2)n1. The minimum Gasteiger partial charge on any atom is -0.441 e. The van der Waals surface area contributed by atoms with Crippen LogP contribution in [0.25, 0.3) is 11.3 Å². The predicted molar refractivity (Wildman–Crippen MR) is 113 cm³/mol. The summed E-state index contributed by atoms with van der Waals surface area (Å²) in [6.45, 7) is 0.601. The molecule has 31 heavy (non-hydrogen) atoms. The number of amides is 1. The van der Waals surface area contributed by atoms with Crippen LogP contribution in [-0.4, -0.2) is 53.6 Å². The van der Waals surface area contributed by atoms with Crippen LogP contribution in [0, 0.1) is 5.82 Å². The maximum absolute atomic E-state index is 13.5. The van der Waals surface area contributed by atoms with Crippen molar-refractivity contribution < 1.29 is 23.4 Å². The molecule has 160 valence electrons. The van der Waals surface area contributed by atoms with Crippen LogP contribution in [0.2, 0.25) is 0 Å². The summed E-state index contributed by atoms with van der Waals surface area (Å²) in [4.78, 5) is 20.9. The van der Waals surface area contributed by atoms with Gasteiger partial charge in [0.15, 0.2) is 6.10 Å². The number of nitrogens with one attached hydrogen (secondary N) is 2. The van der Waals surface area contributed by atoms with Crippen LogP contribution in [0.1, 0.15) is 0 Å². The Morgan fingerprint density at radius 3 is 2.94 bits per heavy atom. The van der Waals surface area contributed by atoms with Gasteiger partial charge in [0, 0.05) is 17.1 Å². The smallest absolute Gasteiger partial charge is 0.412 e. The zero-order chi connectivity index (χ0) is 21.2. The maximum atomic E-state index is 13.5. The van der Waals surface area contributed by atoms with Gasteiger partial charge in [0.2, 0.25) is 5.95 Å². The molecule has 2 fully saturated rings. The van der Waals surface area contributed by atoms with Crippen molar-refractivity contribution in [2.45, 2.75) is 24.4 Å². The van der Waals surface area contributed by atoms with Crippen molar-refractivity contribution in [3.05, 3.63) is 59.2 Å². The molecule has 0 bridgehead atoms. The van der Waals surface area contributed by atoms with Crippen molar-refractivity contribution >= 4 is 29.1 Å². The number of carbonyl (C=O) groups is 1. The fourth-order valence-electron chi connectivity index (χ4n) is 3.71. The van der Waals surface area contributed by atoms with Crippen molar-refractivity contribution in [2.75, 3.05) is 23.8 Å². The maximum Gasteiger partial charge on any atom is 0.412 e. The third-order valence-electron chi connectivity index (χ3n) is 5.12. The molecule has 2 aromatic heterocycles. The summed E-state index contributed by atoms with van der Waals surface area (Å²) in [6.07, 6.45) is -0.120. The second-order valence-electron chi connectivity index (χ2n) is 7.20. The summed E-state index contributed by atoms with van der Waals surface area (Å²) in [7, 11) is 0. The predicted octanol–water partition coefficient (Wildman–Crippen LogP) is 3.54. The van der Waals surface area contributed by atoms with E-state index in [4.69, 9.17) is 14.2 Å². The number of hydrogen-bond acceptors (Lipinski definition) is 8. The molecule has 0 radical (unpaired) electrons. The van der Waals surface area contributed by atoms with Gasteiger partial charge in [0.1, 0.15) is 18.0 Å². The number of ether oxygens (including phenoxy) is 3. The number of aromatic nitrogens is 2. The third-order valence-corrected chi connectivity index (χ3v) is 5.81. The molecule has 8 nitrogen and oxygen atoms in total. The Kier molecular flexibility index (Phi) is 5.49. The standard InChI is InChI=1S/C21H19FN4O4S/c22-13-3-1-2-12(8-13)15-4-6-23-20(25-15)26-16-9-28-19-17(10-29-18(16)19)30-21(27)24-14-5-7-31-11-14/h1-8,11,16-19H,9-10H2,(H,24,27)(H,23,25,26)/t16-,17-,18-,19+/m1/s1. The lowest BCUT2D eigenvalue weighted by Crippen LogP contribution is -2.38. The minimum absolute atomic E-state index is 0.207. The Bertz CT molecular complexity index is 1070. The highest BCUT2D eigenvalue weighted by Crippen LogP contribution is 2.31. The first-order valence-corrected chi connectivity index (χ1v) is 10.7. The Hall–Kier alpha value is -3.08. The van der Waals surface area contributed by atoms with Crippen LogP contribution in [0.15, 0.2) is 53.4 Å². The quantitative estimate of drug-likeness (QED) is 0.624. The van der Waals surface area contributed by atoms with Crippen molar-refractivity contribution in [3.63, 3.8) is 0 Å². The van der Waals surface area contributed by atoms with Gasteiger partial charge < -0.3 is 19.5 Å². The van der Waals surface area contributed by atoms with E-state index in [9.17, 15) is 9.18 Å². The molecular formula is C21H19FN4O4S. The minimum atomic E-state index is -0.543. The first kappa shape index (κ1) is 19.9. The zero-order valence-electron chi connectivity index (χ0n) is 16.2. The molecular weight excluding hydrogens is 423 g/mol. The van der Waals surface area contributed by atoms with E-state index < -0.39 is 12.2 Å². The highest BCUT2D eigenvalue weighted by atomic mass is 32.1. The first-order valence-electron chi connectivity index (χ1n) is 9.74. The van der Waals surface area contributed by atoms with Gasteiger partial charge in [0.05, 0.1) is 30.6 Å². The van der Waals surface area contributed by atoms with E-state index in [1.807, 2.05) is 10.8 Å². The molecule has 3 aromatic rings. The molecule has 4 heterocycles. The van der Waals surface area contributed by atoms with E-state index in [0.29, 0.717) is 29.5 Å². The van der Waals surface area contributed by atoms with Crippen molar-refractivity contribution in [2.24, 2.45) is 0 Å². The van der Waals surface area contributed by atoms with E-state index >= 15 is 0 Å². The molecule has 2 saturated heterocycles. The molecule has 0 aliphatic carbocycles. The second kappa shape index (κ2) is 8.58. The third kappa shape index (κ3) is 4.36. The summed E-state index contributed by atoms with van der Waals surface area (Å²) >= 11 is 1.48. The fraction of sp³-hybridized carbons (Fsp3) is 0.286. The summed E-state index contributed by atoms with van der Waals surface area (Å²) in [5, 5.41) is 9.59. The Morgan fingerprint density at radius 1 is 1.19 bits per heavy atom. The highest BCUT2D eigenvalue weighted by Gasteiger charge is 2.49. The summed E-state index contributed by atoms with van der Waals surface area (Å²) in [6, 6.07) is 9.53. The van der Waals surface area contributed by atoms with Gasteiger partial charge >= 0.3 is 6.09 Å². The number of fused-ring (bicyclic) bond motifs is 1. The molecule has 5 rings (SSSR count). The molecule has 0 saturated carbocycles. The van der Waals surface area contributed by atoms with E-state index in [2.05, 4.69) is 20.6 Å². The number of hydrogen-bond donors (Lipinski definition) is 2. The number of nitrogens with zero attached hydrogens (tertiary/aromatic N) is 2.